The molecule has 7 nitrogen and oxygen atoms in total. The van der Waals surface area contributed by atoms with E-state index in [9.17, 15) is 13.2 Å². The Morgan fingerprint density at radius 2 is 2.04 bits per heavy atom. The van der Waals surface area contributed by atoms with E-state index in [0.29, 0.717) is 31.0 Å². The van der Waals surface area contributed by atoms with E-state index in [1.54, 1.807) is 43.6 Å². The fourth-order valence-corrected chi connectivity index (χ4v) is 5.23. The molecule has 2 atom stereocenters. The summed E-state index contributed by atoms with van der Waals surface area (Å²) < 4.78 is 32.2. The van der Waals surface area contributed by atoms with Gasteiger partial charge in [-0.2, -0.15) is 4.31 Å². The predicted octanol–water partition coefficient (Wildman–Crippen LogP) is 1.57. The van der Waals surface area contributed by atoms with E-state index in [-0.39, 0.29) is 16.8 Å². The van der Waals surface area contributed by atoms with E-state index in [4.69, 9.17) is 4.42 Å². The molecule has 3 heterocycles. The average molecular weight is 375 g/mol. The lowest BCUT2D eigenvalue weighted by Gasteiger charge is -2.30. The molecule has 0 bridgehead atoms. The molecule has 1 amide bonds. The van der Waals surface area contributed by atoms with Gasteiger partial charge in [0.15, 0.2) is 0 Å². The third-order valence-electron chi connectivity index (χ3n) is 5.12. The highest BCUT2D eigenvalue weighted by Gasteiger charge is 2.44. The Balaban J connectivity index is 1.65. The van der Waals surface area contributed by atoms with Crippen LogP contribution in [-0.2, 0) is 21.4 Å². The van der Waals surface area contributed by atoms with Crippen LogP contribution in [0, 0.1) is 0 Å². The summed E-state index contributed by atoms with van der Waals surface area (Å²) in [5, 5.41) is 2.91. The van der Waals surface area contributed by atoms with Crippen LogP contribution < -0.4 is 10.2 Å². The lowest BCUT2D eigenvalue weighted by Crippen LogP contribution is -2.47. The molecule has 0 aliphatic carbocycles. The van der Waals surface area contributed by atoms with Crippen molar-refractivity contribution in [2.75, 3.05) is 18.5 Å². The van der Waals surface area contributed by atoms with Gasteiger partial charge in [-0.25, -0.2) is 8.42 Å². The van der Waals surface area contributed by atoms with E-state index in [1.165, 1.54) is 4.31 Å². The van der Waals surface area contributed by atoms with E-state index in [2.05, 4.69) is 5.32 Å². The van der Waals surface area contributed by atoms with Gasteiger partial charge in [0.25, 0.3) is 0 Å². The Kier molecular flexibility index (Phi) is 4.24. The van der Waals surface area contributed by atoms with Gasteiger partial charge in [0, 0.05) is 19.6 Å². The minimum atomic E-state index is -3.55. The highest BCUT2D eigenvalue weighted by atomic mass is 32.2. The minimum absolute atomic E-state index is 0.0159. The summed E-state index contributed by atoms with van der Waals surface area (Å²) in [5.74, 6) is 0.576. The van der Waals surface area contributed by atoms with Crippen LogP contribution >= 0.6 is 0 Å². The summed E-state index contributed by atoms with van der Waals surface area (Å²) in [5.41, 5.74) is 0.609. The van der Waals surface area contributed by atoms with Crippen LogP contribution in [0.5, 0.6) is 0 Å². The minimum Gasteiger partial charge on any atom is -0.467 e. The molecule has 1 N–H and O–H groups in total. The molecular weight excluding hydrogens is 354 g/mol. The van der Waals surface area contributed by atoms with Gasteiger partial charge in [-0.3, -0.25) is 4.79 Å². The number of nitrogens with one attached hydrogen (secondary N) is 1. The number of para-hydroxylation sites is 1. The van der Waals surface area contributed by atoms with Crippen molar-refractivity contribution in [3.63, 3.8) is 0 Å². The second kappa shape index (κ2) is 6.44. The number of nitrogens with zero attached hydrogens (tertiary/aromatic N) is 2. The number of carbonyl (C=O) groups is 1. The number of amides is 1. The number of benzene rings is 1. The smallest absolute Gasteiger partial charge is 0.244 e. The monoisotopic (exact) mass is 375 g/mol. The molecule has 2 aliphatic rings. The molecule has 4 rings (SSSR count). The highest BCUT2D eigenvalue weighted by molar-refractivity contribution is 7.89. The fraction of sp³-hybridized carbons (Fsp3) is 0.389. The summed E-state index contributed by atoms with van der Waals surface area (Å²) in [7, 11) is -1.95. The van der Waals surface area contributed by atoms with Crippen molar-refractivity contribution in [2.45, 2.75) is 36.4 Å². The Bertz CT molecular complexity index is 910. The largest absolute Gasteiger partial charge is 0.467 e. The number of hydrogen-bond donors (Lipinski definition) is 1. The lowest BCUT2D eigenvalue weighted by atomic mass is 10.2. The number of hydrogen-bond acceptors (Lipinski definition) is 5. The molecule has 0 saturated carbocycles. The molecular formula is C18H21N3O4S. The number of rotatable bonds is 3. The zero-order valence-electron chi connectivity index (χ0n) is 14.5. The molecule has 0 radical (unpaired) electrons. The van der Waals surface area contributed by atoms with Crippen molar-refractivity contribution in [2.24, 2.45) is 0 Å². The van der Waals surface area contributed by atoms with Gasteiger partial charge in [-0.1, -0.05) is 12.1 Å². The zero-order chi connectivity index (χ0) is 18.3. The summed E-state index contributed by atoms with van der Waals surface area (Å²) in [6.07, 6.45) is 3.03. The van der Waals surface area contributed by atoms with Crippen LogP contribution in [0.4, 0.5) is 5.69 Å². The van der Waals surface area contributed by atoms with E-state index in [1.807, 2.05) is 11.0 Å². The Morgan fingerprint density at radius 3 is 2.81 bits per heavy atom. The highest BCUT2D eigenvalue weighted by Crippen LogP contribution is 2.39. The first-order chi connectivity index (χ1) is 12.5. The molecule has 1 aromatic heterocycles. The van der Waals surface area contributed by atoms with Crippen molar-refractivity contribution < 1.29 is 17.6 Å². The molecule has 26 heavy (non-hydrogen) atoms. The number of likely N-dealkylation sites (N-methyl/N-ethyl adjacent to an activating group) is 1. The van der Waals surface area contributed by atoms with Gasteiger partial charge in [0.05, 0.1) is 18.5 Å². The van der Waals surface area contributed by atoms with Crippen molar-refractivity contribution in [3.8, 4) is 0 Å². The SMILES string of the molecule is CN1C[C@@H]2CC[C@H](C(=O)NCc3ccco3)N2c2ccccc2S1(=O)=O. The molecule has 0 spiro atoms. The maximum atomic E-state index is 12.8. The van der Waals surface area contributed by atoms with Crippen LogP contribution in [0.25, 0.3) is 0 Å². The maximum absolute atomic E-state index is 12.8. The van der Waals surface area contributed by atoms with E-state index >= 15 is 0 Å². The molecule has 0 unspecified atom stereocenters. The van der Waals surface area contributed by atoms with Crippen LogP contribution in [0.15, 0.2) is 52.0 Å². The van der Waals surface area contributed by atoms with Crippen molar-refractivity contribution in [1.82, 2.24) is 9.62 Å². The summed E-state index contributed by atoms with van der Waals surface area (Å²) in [6, 6.07) is 10.1. The van der Waals surface area contributed by atoms with Crippen LogP contribution in [0.2, 0.25) is 0 Å². The van der Waals surface area contributed by atoms with Crippen molar-refractivity contribution in [3.05, 3.63) is 48.4 Å². The normalized spacial score (nSPS) is 24.6. The number of anilines is 1. The van der Waals surface area contributed by atoms with Crippen LogP contribution in [0.1, 0.15) is 18.6 Å². The molecule has 2 aliphatic heterocycles. The second-order valence-electron chi connectivity index (χ2n) is 6.70. The Morgan fingerprint density at radius 1 is 1.23 bits per heavy atom. The first-order valence-corrected chi connectivity index (χ1v) is 10.1. The summed E-state index contributed by atoms with van der Waals surface area (Å²) in [6.45, 7) is 0.694. The molecule has 2 aromatic rings. The number of furan rings is 1. The predicted molar refractivity (Wildman–Crippen MR) is 96.1 cm³/mol. The van der Waals surface area contributed by atoms with Crippen molar-refractivity contribution >= 4 is 21.6 Å². The maximum Gasteiger partial charge on any atom is 0.244 e. The quantitative estimate of drug-likeness (QED) is 0.880. The van der Waals surface area contributed by atoms with E-state index in [0.717, 1.165) is 6.42 Å². The second-order valence-corrected chi connectivity index (χ2v) is 8.72. The van der Waals surface area contributed by atoms with Gasteiger partial charge in [-0.15, -0.1) is 0 Å². The van der Waals surface area contributed by atoms with Gasteiger partial charge in [0.2, 0.25) is 15.9 Å². The molecule has 8 heteroatoms. The third kappa shape index (κ3) is 2.79. The molecule has 1 fully saturated rings. The van der Waals surface area contributed by atoms with Crippen LogP contribution in [-0.4, -0.2) is 44.3 Å². The van der Waals surface area contributed by atoms with Gasteiger partial charge < -0.3 is 14.6 Å². The lowest BCUT2D eigenvalue weighted by molar-refractivity contribution is -0.122. The number of carbonyl (C=O) groups excluding carboxylic acids is 1. The standard InChI is InChI=1S/C18H21N3O4S/c1-20-12-13-8-9-16(18(22)19-11-14-5-4-10-25-14)21(13)15-6-2-3-7-17(15)26(20,23)24/h2-7,10,13,16H,8-9,11-12H2,1H3,(H,19,22)/t13-,16+/m0/s1. The Hall–Kier alpha value is -2.32. The van der Waals surface area contributed by atoms with Gasteiger partial charge >= 0.3 is 0 Å². The Labute approximate surface area is 152 Å². The number of fused-ring (bicyclic) bond motifs is 3. The molecule has 138 valence electrons. The van der Waals surface area contributed by atoms with Crippen molar-refractivity contribution in [1.29, 1.82) is 0 Å². The van der Waals surface area contributed by atoms with Crippen LogP contribution in [0.3, 0.4) is 0 Å². The zero-order valence-corrected chi connectivity index (χ0v) is 15.3. The van der Waals surface area contributed by atoms with Gasteiger partial charge in [0.1, 0.15) is 16.7 Å². The molecule has 1 saturated heterocycles. The van der Waals surface area contributed by atoms with E-state index < -0.39 is 16.1 Å². The van der Waals surface area contributed by atoms with Gasteiger partial charge in [-0.05, 0) is 37.1 Å². The fourth-order valence-electron chi connectivity index (χ4n) is 3.84. The summed E-state index contributed by atoms with van der Waals surface area (Å²) in [4.78, 5) is 15.0. The number of sulfonamides is 1. The first kappa shape index (κ1) is 17.1. The first-order valence-electron chi connectivity index (χ1n) is 8.62. The average Bonchev–Trinajstić information content (AvgIpc) is 3.27. The summed E-state index contributed by atoms with van der Waals surface area (Å²) >= 11 is 0. The topological polar surface area (TPSA) is 82.9 Å². The molecule has 1 aromatic carbocycles. The third-order valence-corrected chi connectivity index (χ3v) is 6.99.